The van der Waals surface area contributed by atoms with Gasteiger partial charge in [0, 0.05) is 5.39 Å². The molecule has 1 aromatic heterocycles. The lowest BCUT2D eigenvalue weighted by Crippen LogP contribution is -2.27. The minimum Gasteiger partial charge on any atom is -0.459 e. The summed E-state index contributed by atoms with van der Waals surface area (Å²) in [5.74, 6) is 0.228. The van der Waals surface area contributed by atoms with Crippen molar-refractivity contribution >= 4 is 16.9 Å². The first-order valence-electron chi connectivity index (χ1n) is 7.77. The predicted molar refractivity (Wildman–Crippen MR) is 87.9 cm³/mol. The fourth-order valence-electron chi connectivity index (χ4n) is 2.62. The first kappa shape index (κ1) is 17.1. The van der Waals surface area contributed by atoms with Crippen molar-refractivity contribution in [3.63, 3.8) is 0 Å². The van der Waals surface area contributed by atoms with Gasteiger partial charge in [-0.2, -0.15) is 13.2 Å². The Morgan fingerprint density at radius 3 is 2.60 bits per heavy atom. The highest BCUT2D eigenvalue weighted by atomic mass is 19.4. The molecule has 0 saturated carbocycles. The van der Waals surface area contributed by atoms with Crippen LogP contribution in [0.1, 0.15) is 29.9 Å². The van der Waals surface area contributed by atoms with Crippen molar-refractivity contribution in [2.24, 2.45) is 0 Å². The molecule has 0 saturated heterocycles. The average Bonchev–Trinajstić information content (AvgIpc) is 2.98. The number of carbonyl (C=O) groups is 1. The minimum absolute atomic E-state index is 0.130. The van der Waals surface area contributed by atoms with Gasteiger partial charge in [-0.25, -0.2) is 0 Å². The van der Waals surface area contributed by atoms with Gasteiger partial charge >= 0.3 is 6.18 Å². The number of rotatable bonds is 4. The number of benzene rings is 2. The van der Waals surface area contributed by atoms with E-state index in [1.54, 1.807) is 6.92 Å². The van der Waals surface area contributed by atoms with E-state index < -0.39 is 11.7 Å². The van der Waals surface area contributed by atoms with Crippen LogP contribution in [0.3, 0.4) is 0 Å². The molecule has 25 heavy (non-hydrogen) atoms. The summed E-state index contributed by atoms with van der Waals surface area (Å²) in [5.41, 5.74) is 0.267. The third-order valence-corrected chi connectivity index (χ3v) is 3.87. The zero-order chi connectivity index (χ0) is 18.0. The smallest absolute Gasteiger partial charge is 0.416 e. The van der Waals surface area contributed by atoms with Crippen LogP contribution in [0, 0.1) is 0 Å². The average molecular weight is 347 g/mol. The molecule has 1 amide bonds. The zero-order valence-electron chi connectivity index (χ0n) is 13.4. The number of carbonyl (C=O) groups excluding carboxylic acids is 1. The summed E-state index contributed by atoms with van der Waals surface area (Å²) >= 11 is 0. The molecule has 6 heteroatoms. The Morgan fingerprint density at radius 1 is 1.12 bits per heavy atom. The third kappa shape index (κ3) is 4.02. The first-order valence-corrected chi connectivity index (χ1v) is 7.77. The number of hydrogen-bond donors (Lipinski definition) is 1. The fraction of sp³-hybridized carbons (Fsp3) is 0.211. The van der Waals surface area contributed by atoms with Gasteiger partial charge in [-0.3, -0.25) is 4.79 Å². The number of halogens is 3. The van der Waals surface area contributed by atoms with Gasteiger partial charge in [0.05, 0.1) is 18.0 Å². The summed E-state index contributed by atoms with van der Waals surface area (Å²) in [6, 6.07) is 13.7. The Balaban J connectivity index is 1.68. The van der Waals surface area contributed by atoms with Crippen molar-refractivity contribution in [1.29, 1.82) is 0 Å². The quantitative estimate of drug-likeness (QED) is 0.731. The van der Waals surface area contributed by atoms with Crippen LogP contribution in [0.25, 0.3) is 11.0 Å². The van der Waals surface area contributed by atoms with Gasteiger partial charge in [0.1, 0.15) is 11.3 Å². The van der Waals surface area contributed by atoms with Crippen molar-refractivity contribution in [1.82, 2.24) is 5.32 Å². The number of fused-ring (bicyclic) bond motifs is 1. The van der Waals surface area contributed by atoms with Gasteiger partial charge in [-0.15, -0.1) is 0 Å². The SMILES string of the molecule is CC(NC(=O)Cc1cccc(C(F)(F)F)c1)c1cc2ccccc2o1. The van der Waals surface area contributed by atoms with Crippen LogP contribution in [0.2, 0.25) is 0 Å². The number of para-hydroxylation sites is 1. The summed E-state index contributed by atoms with van der Waals surface area (Å²) in [6.07, 6.45) is -4.55. The summed E-state index contributed by atoms with van der Waals surface area (Å²) in [5, 5.41) is 3.68. The number of furan rings is 1. The highest BCUT2D eigenvalue weighted by molar-refractivity contribution is 5.80. The topological polar surface area (TPSA) is 42.2 Å². The van der Waals surface area contributed by atoms with Gasteiger partial charge in [-0.05, 0) is 30.7 Å². The number of amides is 1. The molecule has 0 fully saturated rings. The van der Waals surface area contributed by atoms with Crippen LogP contribution < -0.4 is 5.32 Å². The Morgan fingerprint density at radius 2 is 1.88 bits per heavy atom. The van der Waals surface area contributed by atoms with Crippen LogP contribution >= 0.6 is 0 Å². The molecule has 0 aliphatic carbocycles. The Hall–Kier alpha value is -2.76. The molecule has 1 N–H and O–H groups in total. The normalized spacial score (nSPS) is 13.0. The molecule has 0 aliphatic rings. The molecule has 0 aliphatic heterocycles. The predicted octanol–water partition coefficient (Wildman–Crippen LogP) is 4.87. The van der Waals surface area contributed by atoms with E-state index in [1.165, 1.54) is 12.1 Å². The van der Waals surface area contributed by atoms with Crippen molar-refractivity contribution < 1.29 is 22.4 Å². The molecule has 3 aromatic rings. The Kier molecular flexibility index (Phi) is 4.53. The van der Waals surface area contributed by atoms with Gasteiger partial charge in [-0.1, -0.05) is 36.4 Å². The summed E-state index contributed by atoms with van der Waals surface area (Å²) in [6.45, 7) is 1.77. The van der Waals surface area contributed by atoms with Gasteiger partial charge in [0.25, 0.3) is 0 Å². The van der Waals surface area contributed by atoms with Gasteiger partial charge < -0.3 is 9.73 Å². The van der Waals surface area contributed by atoms with Crippen LogP contribution in [-0.2, 0) is 17.4 Å². The van der Waals surface area contributed by atoms with E-state index in [-0.39, 0.29) is 18.4 Å². The Labute approximate surface area is 142 Å². The number of alkyl halides is 3. The summed E-state index contributed by atoms with van der Waals surface area (Å²) in [7, 11) is 0. The zero-order valence-corrected chi connectivity index (χ0v) is 13.4. The number of hydrogen-bond acceptors (Lipinski definition) is 2. The molecule has 2 aromatic carbocycles. The second-order valence-electron chi connectivity index (χ2n) is 5.85. The lowest BCUT2D eigenvalue weighted by atomic mass is 10.1. The van der Waals surface area contributed by atoms with Crippen LogP contribution in [0.4, 0.5) is 13.2 Å². The molecule has 1 atom stereocenters. The minimum atomic E-state index is -4.42. The van der Waals surface area contributed by atoms with Crippen LogP contribution in [0.5, 0.6) is 0 Å². The second-order valence-corrected chi connectivity index (χ2v) is 5.85. The summed E-state index contributed by atoms with van der Waals surface area (Å²) < 4.78 is 43.9. The monoisotopic (exact) mass is 347 g/mol. The summed E-state index contributed by atoms with van der Waals surface area (Å²) in [4.78, 5) is 12.1. The van der Waals surface area contributed by atoms with E-state index in [0.29, 0.717) is 11.3 Å². The highest BCUT2D eigenvalue weighted by Gasteiger charge is 2.30. The molecule has 0 bridgehead atoms. The van der Waals surface area contributed by atoms with E-state index in [4.69, 9.17) is 4.42 Å². The van der Waals surface area contributed by atoms with E-state index >= 15 is 0 Å². The van der Waals surface area contributed by atoms with Crippen molar-refractivity contribution in [2.45, 2.75) is 25.6 Å². The molecule has 3 nitrogen and oxygen atoms in total. The van der Waals surface area contributed by atoms with Crippen molar-refractivity contribution in [3.05, 3.63) is 71.5 Å². The maximum Gasteiger partial charge on any atom is 0.416 e. The van der Waals surface area contributed by atoms with Crippen molar-refractivity contribution in [3.8, 4) is 0 Å². The molecule has 0 radical (unpaired) electrons. The number of nitrogens with one attached hydrogen (secondary N) is 1. The van der Waals surface area contributed by atoms with Crippen molar-refractivity contribution in [2.75, 3.05) is 0 Å². The third-order valence-electron chi connectivity index (χ3n) is 3.87. The van der Waals surface area contributed by atoms with E-state index in [9.17, 15) is 18.0 Å². The van der Waals surface area contributed by atoms with E-state index in [0.717, 1.165) is 23.1 Å². The molecule has 130 valence electrons. The molecule has 3 rings (SSSR count). The molecule has 0 spiro atoms. The molecule has 1 unspecified atom stereocenters. The largest absolute Gasteiger partial charge is 0.459 e. The van der Waals surface area contributed by atoms with Gasteiger partial charge in [0.15, 0.2) is 0 Å². The van der Waals surface area contributed by atoms with Crippen LogP contribution in [0.15, 0.2) is 59.0 Å². The lowest BCUT2D eigenvalue weighted by molar-refractivity contribution is -0.137. The molecule has 1 heterocycles. The fourth-order valence-corrected chi connectivity index (χ4v) is 2.62. The second kappa shape index (κ2) is 6.63. The highest BCUT2D eigenvalue weighted by Crippen LogP contribution is 2.29. The first-order chi connectivity index (χ1) is 11.8. The Bertz CT molecular complexity index is 866. The maximum absolute atomic E-state index is 12.7. The lowest BCUT2D eigenvalue weighted by Gasteiger charge is -2.12. The molecular formula is C19H16F3NO2. The standard InChI is InChI=1S/C19H16F3NO2/c1-12(17-11-14-6-2-3-8-16(14)25-17)23-18(24)10-13-5-4-7-15(9-13)19(20,21)22/h2-9,11-12H,10H2,1H3,(H,23,24). The van der Waals surface area contributed by atoms with E-state index in [2.05, 4.69) is 5.32 Å². The van der Waals surface area contributed by atoms with Crippen LogP contribution in [-0.4, -0.2) is 5.91 Å². The molecular weight excluding hydrogens is 331 g/mol. The maximum atomic E-state index is 12.7. The van der Waals surface area contributed by atoms with E-state index in [1.807, 2.05) is 30.3 Å². The van der Waals surface area contributed by atoms with Gasteiger partial charge in [0.2, 0.25) is 5.91 Å².